The van der Waals surface area contributed by atoms with Crippen molar-refractivity contribution < 1.29 is 13.6 Å². The largest absolute Gasteiger partial charge is 0.308 e. The summed E-state index contributed by atoms with van der Waals surface area (Å²) in [5.74, 6) is -1.39. The molecule has 0 aromatic heterocycles. The molecule has 0 aliphatic carbocycles. The highest BCUT2D eigenvalue weighted by atomic mass is 35.5. The minimum Gasteiger partial charge on any atom is -0.308 e. The summed E-state index contributed by atoms with van der Waals surface area (Å²) in [5, 5.41) is 0.879. The molecule has 1 fully saturated rings. The Morgan fingerprint density at radius 2 is 1.80 bits per heavy atom. The van der Waals surface area contributed by atoms with Crippen LogP contribution in [-0.2, 0) is 11.3 Å². The van der Waals surface area contributed by atoms with Gasteiger partial charge < -0.3 is 4.90 Å². The van der Waals surface area contributed by atoms with Gasteiger partial charge >= 0.3 is 0 Å². The maximum atomic E-state index is 13.9. The predicted octanol–water partition coefficient (Wildman–Crippen LogP) is 4.51. The van der Waals surface area contributed by atoms with Crippen LogP contribution in [0, 0.1) is 11.6 Å². The van der Waals surface area contributed by atoms with Crippen LogP contribution in [0.15, 0.2) is 36.4 Å². The molecule has 2 aromatic rings. The number of benzene rings is 2. The van der Waals surface area contributed by atoms with Gasteiger partial charge in [-0.15, -0.1) is 0 Å². The molecular weight excluding hydrogens is 369 g/mol. The van der Waals surface area contributed by atoms with E-state index in [-0.39, 0.29) is 18.0 Å². The summed E-state index contributed by atoms with van der Waals surface area (Å²) in [5.41, 5.74) is 0.555. The molecule has 1 atom stereocenters. The molecule has 1 unspecified atom stereocenters. The fourth-order valence-corrected chi connectivity index (χ4v) is 3.47. The van der Waals surface area contributed by atoms with Gasteiger partial charge in [0.15, 0.2) is 0 Å². The van der Waals surface area contributed by atoms with E-state index in [0.29, 0.717) is 28.8 Å². The molecule has 0 N–H and O–H groups in total. The topological polar surface area (TPSA) is 23.6 Å². The van der Waals surface area contributed by atoms with Crippen molar-refractivity contribution in [2.24, 2.45) is 0 Å². The SMILES string of the molecule is CC1C(=O)N(c2ccc(Cl)cc2Cl)CCN1Cc1c(F)cccc1F. The summed E-state index contributed by atoms with van der Waals surface area (Å²) < 4.78 is 27.7. The van der Waals surface area contributed by atoms with E-state index in [1.165, 1.54) is 18.2 Å². The fourth-order valence-electron chi connectivity index (χ4n) is 2.96. The van der Waals surface area contributed by atoms with Gasteiger partial charge in [0.05, 0.1) is 16.8 Å². The molecule has 2 aromatic carbocycles. The average molecular weight is 385 g/mol. The van der Waals surface area contributed by atoms with Crippen molar-refractivity contribution >= 4 is 34.8 Å². The number of anilines is 1. The van der Waals surface area contributed by atoms with Gasteiger partial charge in [-0.25, -0.2) is 8.78 Å². The Hall–Kier alpha value is -1.69. The van der Waals surface area contributed by atoms with Gasteiger partial charge in [0.25, 0.3) is 0 Å². The Balaban J connectivity index is 1.80. The Morgan fingerprint density at radius 1 is 1.12 bits per heavy atom. The van der Waals surface area contributed by atoms with Crippen LogP contribution in [0.1, 0.15) is 12.5 Å². The predicted molar refractivity (Wildman–Crippen MR) is 95.0 cm³/mol. The first kappa shape index (κ1) is 18.1. The molecule has 1 heterocycles. The highest BCUT2D eigenvalue weighted by Crippen LogP contribution is 2.31. The normalized spacial score (nSPS) is 18.7. The van der Waals surface area contributed by atoms with Crippen LogP contribution in [0.2, 0.25) is 10.0 Å². The third-order valence-corrected chi connectivity index (χ3v) is 4.94. The zero-order chi connectivity index (χ0) is 18.1. The van der Waals surface area contributed by atoms with Crippen LogP contribution in [-0.4, -0.2) is 29.9 Å². The molecule has 1 aliphatic heterocycles. The molecule has 0 saturated carbocycles. The van der Waals surface area contributed by atoms with Gasteiger partial charge in [-0.3, -0.25) is 9.69 Å². The number of halogens is 4. The molecule has 3 nitrogen and oxygen atoms in total. The van der Waals surface area contributed by atoms with Crippen LogP contribution in [0.4, 0.5) is 14.5 Å². The lowest BCUT2D eigenvalue weighted by molar-refractivity contribution is -0.125. The number of hydrogen-bond acceptors (Lipinski definition) is 2. The van der Waals surface area contributed by atoms with E-state index < -0.39 is 17.7 Å². The molecule has 1 aliphatic rings. The molecule has 7 heteroatoms. The summed E-state index contributed by atoms with van der Waals surface area (Å²) in [6.07, 6.45) is 0. The minimum atomic E-state index is -0.608. The third-order valence-electron chi connectivity index (χ3n) is 4.41. The zero-order valence-electron chi connectivity index (χ0n) is 13.5. The second-order valence-electron chi connectivity index (χ2n) is 5.93. The molecular formula is C18H16Cl2F2N2O. The Kier molecular flexibility index (Phi) is 5.27. The van der Waals surface area contributed by atoms with Gasteiger partial charge in [0.1, 0.15) is 11.6 Å². The monoisotopic (exact) mass is 384 g/mol. The fraction of sp³-hybridized carbons (Fsp3) is 0.278. The molecule has 132 valence electrons. The second kappa shape index (κ2) is 7.28. The number of amides is 1. The summed E-state index contributed by atoms with van der Waals surface area (Å²) in [4.78, 5) is 16.1. The van der Waals surface area contributed by atoms with Crippen LogP contribution < -0.4 is 4.90 Å². The lowest BCUT2D eigenvalue weighted by Crippen LogP contribution is -2.55. The Labute approximate surface area is 154 Å². The van der Waals surface area contributed by atoms with Crippen LogP contribution >= 0.6 is 23.2 Å². The van der Waals surface area contributed by atoms with Gasteiger partial charge in [0.2, 0.25) is 5.91 Å². The number of carbonyl (C=O) groups is 1. The summed E-state index contributed by atoms with van der Waals surface area (Å²) in [6, 6.07) is 8.17. The molecule has 25 heavy (non-hydrogen) atoms. The minimum absolute atomic E-state index is 0.0277. The molecule has 0 bridgehead atoms. The number of hydrogen-bond donors (Lipinski definition) is 0. The van der Waals surface area contributed by atoms with Crippen molar-refractivity contribution in [3.05, 3.63) is 63.6 Å². The standard InChI is InChI=1S/C18H16Cl2F2N2O/c1-11-18(25)24(17-6-5-12(19)9-14(17)20)8-7-23(11)10-13-15(21)3-2-4-16(13)22/h2-6,9,11H,7-8,10H2,1H3. The lowest BCUT2D eigenvalue weighted by atomic mass is 10.1. The van der Waals surface area contributed by atoms with Crippen LogP contribution in [0.3, 0.4) is 0 Å². The van der Waals surface area contributed by atoms with Crippen LogP contribution in [0.5, 0.6) is 0 Å². The zero-order valence-corrected chi connectivity index (χ0v) is 15.0. The molecule has 0 spiro atoms. The van der Waals surface area contributed by atoms with E-state index in [4.69, 9.17) is 23.2 Å². The number of rotatable bonds is 3. The van der Waals surface area contributed by atoms with E-state index in [1.54, 1.807) is 34.9 Å². The van der Waals surface area contributed by atoms with Crippen molar-refractivity contribution in [3.63, 3.8) is 0 Å². The lowest BCUT2D eigenvalue weighted by Gasteiger charge is -2.39. The van der Waals surface area contributed by atoms with E-state index in [2.05, 4.69) is 0 Å². The van der Waals surface area contributed by atoms with Gasteiger partial charge in [0, 0.05) is 30.2 Å². The van der Waals surface area contributed by atoms with E-state index >= 15 is 0 Å². The first-order valence-corrected chi connectivity index (χ1v) is 8.57. The number of piperazine rings is 1. The van der Waals surface area contributed by atoms with E-state index in [0.717, 1.165) is 0 Å². The highest BCUT2D eigenvalue weighted by Gasteiger charge is 2.33. The Bertz CT molecular complexity index is 795. The Morgan fingerprint density at radius 3 is 2.44 bits per heavy atom. The van der Waals surface area contributed by atoms with Crippen LogP contribution in [0.25, 0.3) is 0 Å². The summed E-state index contributed by atoms with van der Waals surface area (Å²) in [6.45, 7) is 2.60. The van der Waals surface area contributed by atoms with Gasteiger partial charge in [-0.05, 0) is 37.3 Å². The molecule has 3 rings (SSSR count). The smallest absolute Gasteiger partial charge is 0.244 e. The quantitative estimate of drug-likeness (QED) is 0.777. The molecule has 1 saturated heterocycles. The first-order chi connectivity index (χ1) is 11.9. The van der Waals surface area contributed by atoms with E-state index in [9.17, 15) is 13.6 Å². The van der Waals surface area contributed by atoms with Crippen molar-refractivity contribution in [2.45, 2.75) is 19.5 Å². The second-order valence-corrected chi connectivity index (χ2v) is 6.78. The van der Waals surface area contributed by atoms with E-state index in [1.807, 2.05) is 0 Å². The third kappa shape index (κ3) is 3.64. The van der Waals surface area contributed by atoms with Gasteiger partial charge in [-0.1, -0.05) is 29.3 Å². The highest BCUT2D eigenvalue weighted by molar-refractivity contribution is 6.36. The van der Waals surface area contributed by atoms with Crippen molar-refractivity contribution in [1.82, 2.24) is 4.90 Å². The molecule has 0 radical (unpaired) electrons. The number of nitrogens with zero attached hydrogens (tertiary/aromatic N) is 2. The maximum Gasteiger partial charge on any atom is 0.244 e. The summed E-state index contributed by atoms with van der Waals surface area (Å²) >= 11 is 12.1. The summed E-state index contributed by atoms with van der Waals surface area (Å²) in [7, 11) is 0. The maximum absolute atomic E-state index is 13.9. The number of carbonyl (C=O) groups excluding carboxylic acids is 1. The molecule has 1 amide bonds. The van der Waals surface area contributed by atoms with Crippen molar-refractivity contribution in [2.75, 3.05) is 18.0 Å². The van der Waals surface area contributed by atoms with Gasteiger partial charge in [-0.2, -0.15) is 0 Å². The van der Waals surface area contributed by atoms with Crippen molar-refractivity contribution in [1.29, 1.82) is 0 Å². The average Bonchev–Trinajstić information content (AvgIpc) is 2.56. The van der Waals surface area contributed by atoms with Crippen molar-refractivity contribution in [3.8, 4) is 0 Å². The first-order valence-electron chi connectivity index (χ1n) is 7.82.